The van der Waals surface area contributed by atoms with Crippen molar-refractivity contribution in [3.63, 3.8) is 0 Å². The molecule has 0 aliphatic carbocycles. The Hall–Kier alpha value is -1.47. The second-order valence-corrected chi connectivity index (χ2v) is 6.07. The first-order chi connectivity index (χ1) is 9.30. The van der Waals surface area contributed by atoms with Gasteiger partial charge < -0.3 is 10.0 Å². The summed E-state index contributed by atoms with van der Waals surface area (Å²) in [7, 11) is 0. The molecule has 6 nitrogen and oxygen atoms in total. The first-order valence-corrected chi connectivity index (χ1v) is 7.05. The zero-order valence-electron chi connectivity index (χ0n) is 11.0. The molecular formula is C13H15BrN2O4. The smallest absolute Gasteiger partial charge is 0.284 e. The number of benzene rings is 1. The number of hydrogen-bond acceptors (Lipinski definition) is 4. The molecule has 0 aromatic heterocycles. The first-order valence-electron chi connectivity index (χ1n) is 6.26. The van der Waals surface area contributed by atoms with Gasteiger partial charge in [0.15, 0.2) is 0 Å². The first kappa shape index (κ1) is 14.9. The van der Waals surface area contributed by atoms with Crippen molar-refractivity contribution in [2.75, 3.05) is 13.1 Å². The predicted octanol–water partition coefficient (Wildman–Crippen LogP) is 2.34. The van der Waals surface area contributed by atoms with Crippen molar-refractivity contribution in [1.29, 1.82) is 0 Å². The van der Waals surface area contributed by atoms with Gasteiger partial charge in [-0.15, -0.1) is 0 Å². The maximum atomic E-state index is 12.3. The van der Waals surface area contributed by atoms with Crippen LogP contribution in [0.1, 0.15) is 30.1 Å². The molecule has 1 N–H and O–H groups in total. The normalized spacial score (nSPS) is 17.9. The van der Waals surface area contributed by atoms with E-state index in [0.717, 1.165) is 0 Å². The van der Waals surface area contributed by atoms with Crippen LogP contribution in [0.3, 0.4) is 0 Å². The number of aliphatic hydroxyl groups is 1. The summed E-state index contributed by atoms with van der Waals surface area (Å²) in [5.74, 6) is -0.240. The van der Waals surface area contributed by atoms with Gasteiger partial charge in [-0.3, -0.25) is 14.9 Å². The molecule has 1 saturated heterocycles. The molecule has 0 spiro atoms. The van der Waals surface area contributed by atoms with Gasteiger partial charge in [-0.1, -0.05) is 0 Å². The summed E-state index contributed by atoms with van der Waals surface area (Å²) >= 11 is 3.09. The highest BCUT2D eigenvalue weighted by atomic mass is 79.9. The molecule has 20 heavy (non-hydrogen) atoms. The highest BCUT2D eigenvalue weighted by Crippen LogP contribution is 2.27. The number of rotatable bonds is 2. The fourth-order valence-electron chi connectivity index (χ4n) is 2.16. The molecule has 1 aliphatic heterocycles. The van der Waals surface area contributed by atoms with E-state index in [1.165, 1.54) is 12.1 Å². The standard InChI is InChI=1S/C13H15BrN2O4/c1-13(18)4-6-15(7-5-13)12(17)9-2-3-10(14)11(8-9)16(19)20/h2-3,8,18H,4-7H2,1H3. The summed E-state index contributed by atoms with van der Waals surface area (Å²) in [5, 5.41) is 20.7. The van der Waals surface area contributed by atoms with Gasteiger partial charge in [0.25, 0.3) is 11.6 Å². The number of hydrogen-bond donors (Lipinski definition) is 1. The lowest BCUT2D eigenvalue weighted by atomic mass is 9.93. The summed E-state index contributed by atoms with van der Waals surface area (Å²) in [6.07, 6.45) is 1.02. The van der Waals surface area contributed by atoms with Crippen molar-refractivity contribution < 1.29 is 14.8 Å². The number of carbonyl (C=O) groups excluding carboxylic acids is 1. The number of halogens is 1. The van der Waals surface area contributed by atoms with Gasteiger partial charge in [0.1, 0.15) is 0 Å². The second kappa shape index (κ2) is 5.49. The molecule has 1 fully saturated rings. The molecule has 1 aromatic carbocycles. The zero-order valence-corrected chi connectivity index (χ0v) is 12.6. The van der Waals surface area contributed by atoms with Gasteiger partial charge in [0.2, 0.25) is 0 Å². The van der Waals surface area contributed by atoms with Crippen molar-refractivity contribution in [3.8, 4) is 0 Å². The molecular weight excluding hydrogens is 328 g/mol. The average molecular weight is 343 g/mol. The lowest BCUT2D eigenvalue weighted by Crippen LogP contribution is -2.45. The molecule has 0 bridgehead atoms. The Kier molecular flexibility index (Phi) is 4.10. The molecule has 0 radical (unpaired) electrons. The van der Waals surface area contributed by atoms with E-state index in [0.29, 0.717) is 36.0 Å². The van der Waals surface area contributed by atoms with Crippen molar-refractivity contribution in [3.05, 3.63) is 38.3 Å². The Morgan fingerprint density at radius 3 is 2.60 bits per heavy atom. The third-order valence-electron chi connectivity index (χ3n) is 3.52. The van der Waals surface area contributed by atoms with Crippen LogP contribution in [-0.4, -0.2) is 39.5 Å². The van der Waals surface area contributed by atoms with Gasteiger partial charge in [-0.25, -0.2) is 0 Å². The molecule has 0 atom stereocenters. The van der Waals surface area contributed by atoms with E-state index in [1.54, 1.807) is 17.9 Å². The number of likely N-dealkylation sites (tertiary alicyclic amines) is 1. The summed E-state index contributed by atoms with van der Waals surface area (Å²) in [4.78, 5) is 24.3. The lowest BCUT2D eigenvalue weighted by Gasteiger charge is -2.35. The number of amides is 1. The van der Waals surface area contributed by atoms with Crippen LogP contribution in [0.15, 0.2) is 22.7 Å². The zero-order chi connectivity index (χ0) is 14.9. The fourth-order valence-corrected chi connectivity index (χ4v) is 2.55. The van der Waals surface area contributed by atoms with Crippen LogP contribution in [0.2, 0.25) is 0 Å². The van der Waals surface area contributed by atoms with Crippen molar-refractivity contribution in [2.45, 2.75) is 25.4 Å². The highest BCUT2D eigenvalue weighted by Gasteiger charge is 2.30. The lowest BCUT2D eigenvalue weighted by molar-refractivity contribution is -0.385. The van der Waals surface area contributed by atoms with Crippen LogP contribution >= 0.6 is 15.9 Å². The van der Waals surface area contributed by atoms with Crippen LogP contribution in [0.25, 0.3) is 0 Å². The van der Waals surface area contributed by atoms with Gasteiger partial charge in [0.05, 0.1) is 15.0 Å². The van der Waals surface area contributed by atoms with E-state index >= 15 is 0 Å². The predicted molar refractivity (Wildman–Crippen MR) is 76.6 cm³/mol. The molecule has 1 aliphatic rings. The Bertz CT molecular complexity index is 549. The minimum absolute atomic E-state index is 0.125. The number of nitrogens with zero attached hydrogens (tertiary/aromatic N) is 2. The van der Waals surface area contributed by atoms with E-state index in [4.69, 9.17) is 0 Å². The maximum Gasteiger partial charge on any atom is 0.284 e. The van der Waals surface area contributed by atoms with Crippen LogP contribution < -0.4 is 0 Å². The molecule has 1 amide bonds. The summed E-state index contributed by atoms with van der Waals surface area (Å²) in [5.41, 5.74) is -0.566. The van der Waals surface area contributed by atoms with Gasteiger partial charge >= 0.3 is 0 Å². The van der Waals surface area contributed by atoms with Crippen LogP contribution in [0, 0.1) is 10.1 Å². The summed E-state index contributed by atoms with van der Waals surface area (Å²) in [6, 6.07) is 4.34. The Labute approximate surface area is 124 Å². The van der Waals surface area contributed by atoms with Crippen LogP contribution in [0.5, 0.6) is 0 Å². The molecule has 1 heterocycles. The maximum absolute atomic E-state index is 12.3. The van der Waals surface area contributed by atoms with Gasteiger partial charge in [-0.2, -0.15) is 0 Å². The van der Waals surface area contributed by atoms with E-state index in [1.807, 2.05) is 0 Å². The van der Waals surface area contributed by atoms with Crippen LogP contribution in [-0.2, 0) is 0 Å². The SMILES string of the molecule is CC1(O)CCN(C(=O)c2ccc(Br)c([N+](=O)[O-])c2)CC1. The molecule has 1 aromatic rings. The molecule has 108 valence electrons. The monoisotopic (exact) mass is 342 g/mol. The minimum Gasteiger partial charge on any atom is -0.390 e. The van der Waals surface area contributed by atoms with Crippen LogP contribution in [0.4, 0.5) is 5.69 Å². The van der Waals surface area contributed by atoms with E-state index < -0.39 is 10.5 Å². The topological polar surface area (TPSA) is 83.7 Å². The summed E-state index contributed by atoms with van der Waals surface area (Å²) in [6.45, 7) is 2.66. The van der Waals surface area contributed by atoms with Crippen molar-refractivity contribution in [2.24, 2.45) is 0 Å². The minimum atomic E-state index is -0.734. The van der Waals surface area contributed by atoms with Gasteiger partial charge in [0, 0.05) is 24.7 Å². The number of nitro groups is 1. The highest BCUT2D eigenvalue weighted by molar-refractivity contribution is 9.10. The number of piperidine rings is 1. The Balaban J connectivity index is 2.18. The third-order valence-corrected chi connectivity index (χ3v) is 4.19. The average Bonchev–Trinajstić information content (AvgIpc) is 2.38. The quantitative estimate of drug-likeness (QED) is 0.660. The molecule has 0 saturated carbocycles. The summed E-state index contributed by atoms with van der Waals surface area (Å²) < 4.78 is 0.348. The number of nitro benzene ring substituents is 1. The fraction of sp³-hybridized carbons (Fsp3) is 0.462. The van der Waals surface area contributed by atoms with E-state index in [2.05, 4.69) is 15.9 Å². The van der Waals surface area contributed by atoms with Crippen molar-refractivity contribution >= 4 is 27.5 Å². The Morgan fingerprint density at radius 2 is 2.05 bits per heavy atom. The Morgan fingerprint density at radius 1 is 1.45 bits per heavy atom. The second-order valence-electron chi connectivity index (χ2n) is 5.21. The van der Waals surface area contributed by atoms with Gasteiger partial charge in [-0.05, 0) is 47.8 Å². The van der Waals surface area contributed by atoms with E-state index in [-0.39, 0.29) is 11.6 Å². The molecule has 0 unspecified atom stereocenters. The molecule has 7 heteroatoms. The number of carbonyl (C=O) groups is 1. The third kappa shape index (κ3) is 3.16. The largest absolute Gasteiger partial charge is 0.390 e. The van der Waals surface area contributed by atoms with E-state index in [9.17, 15) is 20.0 Å². The molecule has 2 rings (SSSR count). The van der Waals surface area contributed by atoms with Crippen molar-refractivity contribution in [1.82, 2.24) is 4.90 Å².